The third-order valence-corrected chi connectivity index (χ3v) is 4.16. The highest BCUT2D eigenvalue weighted by atomic mass is 32.8. The number of carbonyl (C=O) groups excluding carboxylic acids is 1. The Kier molecular flexibility index (Phi) is 4.49. The summed E-state index contributed by atoms with van der Waals surface area (Å²) >= 11 is 4.54. The van der Waals surface area contributed by atoms with Gasteiger partial charge in [0.25, 0.3) is 5.91 Å². The zero-order chi connectivity index (χ0) is 14.6. The monoisotopic (exact) mass is 307 g/mol. The molecule has 2 rings (SSSR count). The molecule has 0 radical (unpaired) electrons. The first-order chi connectivity index (χ1) is 9.48. The van der Waals surface area contributed by atoms with E-state index in [4.69, 9.17) is 0 Å². The molecule has 0 aliphatic rings. The van der Waals surface area contributed by atoms with Gasteiger partial charge in [0.1, 0.15) is 0 Å². The molecule has 0 aliphatic heterocycles. The lowest BCUT2D eigenvalue weighted by Gasteiger charge is -2.09. The zero-order valence-electron chi connectivity index (χ0n) is 10.5. The Morgan fingerprint density at radius 2 is 1.70 bits per heavy atom. The van der Waals surface area contributed by atoms with Crippen molar-refractivity contribution < 1.29 is 13.6 Å². The van der Waals surface area contributed by atoms with Gasteiger partial charge in [-0.2, -0.15) is 0 Å². The average molecular weight is 307 g/mol. The van der Waals surface area contributed by atoms with E-state index in [9.17, 15) is 13.6 Å². The Balaban J connectivity index is 2.18. The normalized spacial score (nSPS) is 13.4. The molecule has 0 fully saturated rings. The largest absolute Gasteiger partial charge is 0.348 e. The van der Waals surface area contributed by atoms with Crippen molar-refractivity contribution in [1.82, 2.24) is 5.32 Å². The Morgan fingerprint density at radius 3 is 2.35 bits per heavy atom. The van der Waals surface area contributed by atoms with Crippen LogP contribution in [0.2, 0.25) is 0 Å². The van der Waals surface area contributed by atoms with Gasteiger partial charge in [-0.25, -0.2) is 4.21 Å². The van der Waals surface area contributed by atoms with Crippen LogP contribution < -0.4 is 5.32 Å². The standard InChI is InChI=1S/C14H13NO3S2/c16-14(15-10-11-6-2-1-3-7-11)12-8-4-5-9-13(12)20(17,18)19/h1-9H,10H2,(H,15,16)(H,17,18,19). The Hall–Kier alpha value is -1.76. The second kappa shape index (κ2) is 6.13. The molecule has 1 amide bonds. The van der Waals surface area contributed by atoms with E-state index >= 15 is 0 Å². The van der Waals surface area contributed by atoms with Crippen LogP contribution in [0.5, 0.6) is 0 Å². The molecule has 2 aromatic rings. The lowest BCUT2D eigenvalue weighted by molar-refractivity contribution is 0.0947. The maximum atomic E-state index is 12.1. The second-order valence-corrected chi connectivity index (χ2v) is 6.88. The van der Waals surface area contributed by atoms with Crippen molar-refractivity contribution in [2.24, 2.45) is 0 Å². The summed E-state index contributed by atoms with van der Waals surface area (Å²) in [6, 6.07) is 15.5. The van der Waals surface area contributed by atoms with Gasteiger partial charge in [-0.05, 0) is 17.7 Å². The second-order valence-electron chi connectivity index (χ2n) is 4.14. The van der Waals surface area contributed by atoms with Crippen molar-refractivity contribution >= 4 is 25.9 Å². The molecule has 0 heterocycles. The molecule has 4 nitrogen and oxygen atoms in total. The lowest BCUT2D eigenvalue weighted by Crippen LogP contribution is -2.24. The van der Waals surface area contributed by atoms with E-state index in [0.717, 1.165) is 5.56 Å². The third-order valence-electron chi connectivity index (χ3n) is 2.71. The van der Waals surface area contributed by atoms with Crippen LogP contribution in [0, 0.1) is 0 Å². The van der Waals surface area contributed by atoms with Gasteiger partial charge in [-0.15, -0.1) is 0 Å². The van der Waals surface area contributed by atoms with Crippen LogP contribution in [0.25, 0.3) is 0 Å². The first kappa shape index (κ1) is 14.6. The minimum Gasteiger partial charge on any atom is -0.348 e. The van der Waals surface area contributed by atoms with Gasteiger partial charge in [-0.3, -0.25) is 4.79 Å². The Labute approximate surface area is 122 Å². The van der Waals surface area contributed by atoms with Crippen molar-refractivity contribution in [2.75, 3.05) is 0 Å². The van der Waals surface area contributed by atoms with Gasteiger partial charge >= 0.3 is 0 Å². The highest BCUT2D eigenvalue weighted by Crippen LogP contribution is 2.15. The van der Waals surface area contributed by atoms with Crippen LogP contribution in [-0.4, -0.2) is 14.7 Å². The Morgan fingerprint density at radius 1 is 1.10 bits per heavy atom. The summed E-state index contributed by atoms with van der Waals surface area (Å²) in [7, 11) is -3.59. The average Bonchev–Trinajstić information content (AvgIpc) is 2.45. The first-order valence-corrected chi connectivity index (χ1v) is 8.31. The minimum absolute atomic E-state index is 0.0273. The van der Waals surface area contributed by atoms with Crippen LogP contribution >= 0.6 is 0 Å². The maximum absolute atomic E-state index is 12.1. The van der Waals surface area contributed by atoms with Crippen LogP contribution in [0.4, 0.5) is 0 Å². The van der Waals surface area contributed by atoms with Gasteiger partial charge < -0.3 is 9.87 Å². The summed E-state index contributed by atoms with van der Waals surface area (Å²) in [6.07, 6.45) is 0. The topological polar surface area (TPSA) is 66.4 Å². The van der Waals surface area contributed by atoms with Crippen molar-refractivity contribution in [3.8, 4) is 0 Å². The summed E-state index contributed by atoms with van der Waals surface area (Å²) in [5.74, 6) is -0.420. The Bertz CT molecular complexity index is 712. The lowest BCUT2D eigenvalue weighted by atomic mass is 10.2. The summed E-state index contributed by atoms with van der Waals surface area (Å²) in [6.45, 7) is 0.345. The molecule has 2 N–H and O–H groups in total. The van der Waals surface area contributed by atoms with Crippen molar-refractivity contribution in [3.63, 3.8) is 0 Å². The summed E-state index contributed by atoms with van der Waals surface area (Å²) in [5.41, 5.74) is 1.08. The van der Waals surface area contributed by atoms with Gasteiger partial charge in [0.2, 0.25) is 0 Å². The quantitative estimate of drug-likeness (QED) is 0.909. The van der Waals surface area contributed by atoms with E-state index in [1.54, 1.807) is 12.1 Å². The van der Waals surface area contributed by atoms with Gasteiger partial charge in [-0.1, -0.05) is 42.5 Å². The molecule has 0 aliphatic carbocycles. The van der Waals surface area contributed by atoms with Crippen LogP contribution in [0.1, 0.15) is 15.9 Å². The van der Waals surface area contributed by atoms with E-state index < -0.39 is 14.7 Å². The predicted octanol–water partition coefficient (Wildman–Crippen LogP) is 2.19. The van der Waals surface area contributed by atoms with E-state index in [1.807, 2.05) is 30.3 Å². The highest BCUT2D eigenvalue weighted by Gasteiger charge is 2.16. The van der Waals surface area contributed by atoms with Gasteiger partial charge in [0, 0.05) is 17.7 Å². The fraction of sp³-hybridized carbons (Fsp3) is 0.0714. The fourth-order valence-corrected chi connectivity index (χ4v) is 2.88. The highest BCUT2D eigenvalue weighted by molar-refractivity contribution is 8.29. The minimum atomic E-state index is -3.59. The molecule has 0 saturated heterocycles. The molecule has 1 unspecified atom stereocenters. The van der Waals surface area contributed by atoms with Crippen LogP contribution in [0.3, 0.4) is 0 Å². The molecule has 0 bridgehead atoms. The zero-order valence-corrected chi connectivity index (χ0v) is 12.1. The maximum Gasteiger partial charge on any atom is 0.252 e. The summed E-state index contributed by atoms with van der Waals surface area (Å²) in [4.78, 5) is 12.1. The number of rotatable bonds is 4. The summed E-state index contributed by atoms with van der Waals surface area (Å²) in [5, 5.41) is 2.71. The van der Waals surface area contributed by atoms with E-state index in [1.165, 1.54) is 12.1 Å². The molecule has 104 valence electrons. The fourth-order valence-electron chi connectivity index (χ4n) is 1.75. The number of nitrogens with one attached hydrogen (secondary N) is 1. The molecule has 2 aromatic carbocycles. The SMILES string of the molecule is O=C(NCc1ccccc1)c1ccccc1S(=O)(O)=S. The predicted molar refractivity (Wildman–Crippen MR) is 80.5 cm³/mol. The number of amides is 1. The molecule has 0 spiro atoms. The van der Waals surface area contributed by atoms with Crippen molar-refractivity contribution in [2.45, 2.75) is 11.4 Å². The smallest absolute Gasteiger partial charge is 0.252 e. The van der Waals surface area contributed by atoms with Crippen molar-refractivity contribution in [1.29, 1.82) is 0 Å². The molecular weight excluding hydrogens is 294 g/mol. The third kappa shape index (κ3) is 3.63. The summed E-state index contributed by atoms with van der Waals surface area (Å²) < 4.78 is 21.0. The molecular formula is C14H13NO3S2. The number of benzene rings is 2. The molecule has 20 heavy (non-hydrogen) atoms. The van der Waals surface area contributed by atoms with Crippen molar-refractivity contribution in [3.05, 3.63) is 65.7 Å². The molecule has 6 heteroatoms. The number of hydrogen-bond donors (Lipinski definition) is 2. The van der Waals surface area contributed by atoms with E-state index in [-0.39, 0.29) is 10.5 Å². The van der Waals surface area contributed by atoms with Crippen LogP contribution in [0.15, 0.2) is 59.5 Å². The van der Waals surface area contributed by atoms with Gasteiger partial charge in [0.15, 0.2) is 8.77 Å². The number of carbonyl (C=O) groups is 1. The van der Waals surface area contributed by atoms with E-state index in [0.29, 0.717) is 6.54 Å². The number of hydrogen-bond acceptors (Lipinski definition) is 3. The molecule has 0 aromatic heterocycles. The molecule has 0 saturated carbocycles. The van der Waals surface area contributed by atoms with Gasteiger partial charge in [0.05, 0.1) is 10.5 Å². The first-order valence-electron chi connectivity index (χ1n) is 5.87. The van der Waals surface area contributed by atoms with Crippen LogP contribution in [-0.2, 0) is 26.5 Å². The van der Waals surface area contributed by atoms with E-state index in [2.05, 4.69) is 16.5 Å². The molecule has 1 atom stereocenters.